The Morgan fingerprint density at radius 1 is 1.10 bits per heavy atom. The minimum absolute atomic E-state index is 0.618. The molecular weight excluding hydrogens is 270 g/mol. The van der Waals surface area contributed by atoms with E-state index in [1.165, 1.54) is 11.1 Å². The summed E-state index contributed by atoms with van der Waals surface area (Å²) in [6, 6.07) is 7.86. The number of nitrogens with zero attached hydrogens (tertiary/aromatic N) is 1. The highest BCUT2D eigenvalue weighted by Crippen LogP contribution is 2.33. The smallest absolute Gasteiger partial charge is 0.106 e. The quantitative estimate of drug-likeness (QED) is 0.814. The average molecular weight is 286 g/mol. The lowest BCUT2D eigenvalue weighted by Gasteiger charge is -2.22. The van der Waals surface area contributed by atoms with E-state index in [0.29, 0.717) is 6.61 Å². The SMILES string of the molecule is CN1C=CC(C2=CCOC=C2c2ccc(Cl)cc2)=CC1. The van der Waals surface area contributed by atoms with Crippen LogP contribution in [0.25, 0.3) is 5.57 Å². The highest BCUT2D eigenvalue weighted by atomic mass is 35.5. The van der Waals surface area contributed by atoms with Crippen LogP contribution in [0.4, 0.5) is 0 Å². The lowest BCUT2D eigenvalue weighted by molar-refractivity contribution is 0.287. The van der Waals surface area contributed by atoms with Crippen molar-refractivity contribution in [3.63, 3.8) is 0 Å². The van der Waals surface area contributed by atoms with Gasteiger partial charge < -0.3 is 9.64 Å². The zero-order valence-corrected chi connectivity index (χ0v) is 12.1. The second kappa shape index (κ2) is 5.59. The fourth-order valence-corrected chi connectivity index (χ4v) is 2.47. The molecule has 0 unspecified atom stereocenters. The number of allylic oxidation sites excluding steroid dienone is 4. The van der Waals surface area contributed by atoms with Gasteiger partial charge in [0.1, 0.15) is 6.61 Å². The number of hydrogen-bond donors (Lipinski definition) is 0. The molecule has 2 aliphatic heterocycles. The first kappa shape index (κ1) is 13.1. The Morgan fingerprint density at radius 3 is 2.60 bits per heavy atom. The van der Waals surface area contributed by atoms with Crippen LogP contribution in [0, 0.1) is 0 Å². The van der Waals surface area contributed by atoms with Gasteiger partial charge in [-0.1, -0.05) is 29.8 Å². The summed E-state index contributed by atoms with van der Waals surface area (Å²) in [6.45, 7) is 1.55. The normalized spacial score (nSPS) is 18.1. The van der Waals surface area contributed by atoms with Gasteiger partial charge in [-0.3, -0.25) is 0 Å². The van der Waals surface area contributed by atoms with Crippen LogP contribution in [-0.4, -0.2) is 25.1 Å². The lowest BCUT2D eigenvalue weighted by atomic mass is 9.91. The highest BCUT2D eigenvalue weighted by Gasteiger charge is 2.16. The minimum atomic E-state index is 0.618. The molecule has 20 heavy (non-hydrogen) atoms. The van der Waals surface area contributed by atoms with Crippen molar-refractivity contribution in [1.82, 2.24) is 4.90 Å². The third-order valence-electron chi connectivity index (χ3n) is 3.45. The van der Waals surface area contributed by atoms with Crippen LogP contribution in [0.5, 0.6) is 0 Å². The molecule has 0 amide bonds. The maximum absolute atomic E-state index is 5.96. The van der Waals surface area contributed by atoms with Crippen molar-refractivity contribution in [2.45, 2.75) is 0 Å². The van der Waals surface area contributed by atoms with E-state index in [-0.39, 0.29) is 0 Å². The fourth-order valence-electron chi connectivity index (χ4n) is 2.34. The Labute approximate surface area is 124 Å². The number of halogens is 1. The van der Waals surface area contributed by atoms with Gasteiger partial charge in [-0.25, -0.2) is 0 Å². The van der Waals surface area contributed by atoms with E-state index in [0.717, 1.165) is 22.7 Å². The van der Waals surface area contributed by atoms with Crippen LogP contribution in [-0.2, 0) is 4.74 Å². The lowest BCUT2D eigenvalue weighted by Crippen LogP contribution is -2.15. The van der Waals surface area contributed by atoms with Crippen molar-refractivity contribution in [3.05, 3.63) is 76.7 Å². The minimum Gasteiger partial charge on any atom is -0.496 e. The molecule has 0 aromatic heterocycles. The highest BCUT2D eigenvalue weighted by molar-refractivity contribution is 6.30. The predicted molar refractivity (Wildman–Crippen MR) is 83.3 cm³/mol. The topological polar surface area (TPSA) is 12.5 Å². The third-order valence-corrected chi connectivity index (χ3v) is 3.70. The number of rotatable bonds is 2. The van der Waals surface area contributed by atoms with Crippen molar-refractivity contribution < 1.29 is 4.74 Å². The molecule has 0 spiro atoms. The van der Waals surface area contributed by atoms with Crippen molar-refractivity contribution >= 4 is 17.2 Å². The van der Waals surface area contributed by atoms with Gasteiger partial charge in [0.2, 0.25) is 0 Å². The first-order chi connectivity index (χ1) is 9.74. The molecule has 102 valence electrons. The van der Waals surface area contributed by atoms with Crippen LogP contribution in [0.15, 0.2) is 66.1 Å². The standard InChI is InChI=1S/C17H16ClNO/c1-19-9-6-14(7-10-19)16-8-11-20-12-17(16)13-2-4-15(18)5-3-13/h2-9,12H,10-11H2,1H3. The van der Waals surface area contributed by atoms with E-state index in [9.17, 15) is 0 Å². The van der Waals surface area contributed by atoms with Crippen LogP contribution in [0.1, 0.15) is 5.56 Å². The molecule has 3 heteroatoms. The van der Waals surface area contributed by atoms with Crippen LogP contribution in [0.3, 0.4) is 0 Å². The van der Waals surface area contributed by atoms with Gasteiger partial charge in [0, 0.05) is 24.2 Å². The Balaban J connectivity index is 1.94. The molecule has 0 saturated carbocycles. The molecule has 0 atom stereocenters. The van der Waals surface area contributed by atoms with E-state index >= 15 is 0 Å². The monoisotopic (exact) mass is 285 g/mol. The molecule has 0 aliphatic carbocycles. The molecule has 3 rings (SSSR count). The molecule has 0 radical (unpaired) electrons. The molecule has 0 saturated heterocycles. The molecule has 1 aromatic carbocycles. The van der Waals surface area contributed by atoms with Gasteiger partial charge >= 0.3 is 0 Å². The predicted octanol–water partition coefficient (Wildman–Crippen LogP) is 4.02. The zero-order valence-electron chi connectivity index (χ0n) is 11.3. The van der Waals surface area contributed by atoms with E-state index in [1.807, 2.05) is 30.5 Å². The molecule has 0 bridgehead atoms. The van der Waals surface area contributed by atoms with E-state index < -0.39 is 0 Å². The van der Waals surface area contributed by atoms with Crippen molar-refractivity contribution in [2.24, 2.45) is 0 Å². The van der Waals surface area contributed by atoms with E-state index in [4.69, 9.17) is 16.3 Å². The average Bonchev–Trinajstić information content (AvgIpc) is 2.49. The third kappa shape index (κ3) is 2.66. The second-order valence-corrected chi connectivity index (χ2v) is 5.34. The summed E-state index contributed by atoms with van der Waals surface area (Å²) in [7, 11) is 2.07. The first-order valence-corrected chi connectivity index (χ1v) is 6.99. The van der Waals surface area contributed by atoms with Crippen LogP contribution < -0.4 is 0 Å². The van der Waals surface area contributed by atoms with Crippen molar-refractivity contribution in [3.8, 4) is 0 Å². The van der Waals surface area contributed by atoms with Crippen LogP contribution in [0.2, 0.25) is 5.02 Å². The van der Waals surface area contributed by atoms with Gasteiger partial charge in [-0.2, -0.15) is 0 Å². The second-order valence-electron chi connectivity index (χ2n) is 4.90. The van der Waals surface area contributed by atoms with Gasteiger partial charge in [0.25, 0.3) is 0 Å². The summed E-state index contributed by atoms with van der Waals surface area (Å²) >= 11 is 5.96. The van der Waals surface area contributed by atoms with Gasteiger partial charge in [-0.05, 0) is 47.2 Å². The summed E-state index contributed by atoms with van der Waals surface area (Å²) in [5.74, 6) is 0. The first-order valence-electron chi connectivity index (χ1n) is 6.61. The molecule has 0 N–H and O–H groups in total. The molecule has 1 aromatic rings. The molecule has 2 heterocycles. The summed E-state index contributed by atoms with van der Waals surface area (Å²) in [5, 5.41) is 0.745. The number of ether oxygens (including phenoxy) is 1. The summed E-state index contributed by atoms with van der Waals surface area (Å²) in [5.41, 5.74) is 4.69. The number of hydrogen-bond acceptors (Lipinski definition) is 2. The van der Waals surface area contributed by atoms with Crippen LogP contribution >= 0.6 is 11.6 Å². The fraction of sp³-hybridized carbons (Fsp3) is 0.176. The zero-order chi connectivity index (χ0) is 13.9. The Kier molecular flexibility index (Phi) is 3.66. The largest absolute Gasteiger partial charge is 0.496 e. The molecular formula is C17H16ClNO. The Hall–Kier alpha value is -1.93. The van der Waals surface area contributed by atoms with Crippen molar-refractivity contribution in [1.29, 1.82) is 0 Å². The van der Waals surface area contributed by atoms with Gasteiger partial charge in [0.15, 0.2) is 0 Å². The molecule has 2 aliphatic rings. The number of likely N-dealkylation sites (N-methyl/N-ethyl adjacent to an activating group) is 1. The van der Waals surface area contributed by atoms with Crippen molar-refractivity contribution in [2.75, 3.05) is 20.2 Å². The number of benzene rings is 1. The van der Waals surface area contributed by atoms with E-state index in [1.54, 1.807) is 0 Å². The van der Waals surface area contributed by atoms with Gasteiger partial charge in [0.05, 0.1) is 6.26 Å². The van der Waals surface area contributed by atoms with Gasteiger partial charge in [-0.15, -0.1) is 0 Å². The summed E-state index contributed by atoms with van der Waals surface area (Å²) in [6.07, 6.45) is 10.5. The summed E-state index contributed by atoms with van der Waals surface area (Å²) < 4.78 is 5.48. The Morgan fingerprint density at radius 2 is 1.90 bits per heavy atom. The Bertz CT molecular complexity index is 623. The molecule has 2 nitrogen and oxygen atoms in total. The molecule has 0 fully saturated rings. The summed E-state index contributed by atoms with van der Waals surface area (Å²) in [4.78, 5) is 2.15. The maximum atomic E-state index is 5.96. The maximum Gasteiger partial charge on any atom is 0.106 e. The van der Waals surface area contributed by atoms with E-state index in [2.05, 4.69) is 36.4 Å².